The zero-order valence-corrected chi connectivity index (χ0v) is 82.7. The van der Waals surface area contributed by atoms with Crippen LogP contribution in [0.25, 0.3) is 144 Å². The number of nitrogens with zero attached hydrogens (tertiary/aromatic N) is 4. The minimum absolute atomic E-state index is 0.183. The van der Waals surface area contributed by atoms with E-state index in [4.69, 9.17) is 0 Å². The van der Waals surface area contributed by atoms with Gasteiger partial charge >= 0.3 is 0 Å². The number of fused-ring (bicyclic) bond motifs is 30. The number of para-hydroxylation sites is 4. The number of rotatable bonds is 12. The van der Waals surface area contributed by atoms with Crippen molar-refractivity contribution in [2.75, 3.05) is 9.80 Å². The second-order valence-electron chi connectivity index (χ2n) is 40.6. The summed E-state index contributed by atoms with van der Waals surface area (Å²) >= 11 is 3.79. The molecule has 2 aromatic heterocycles. The largest absolute Gasteiger partial charge is 0.310 e. The van der Waals surface area contributed by atoms with Crippen molar-refractivity contribution in [3.8, 4) is 100 Å². The number of aromatic nitrogens is 2. The third-order valence-electron chi connectivity index (χ3n) is 32.5. The first kappa shape index (κ1) is 85.5. The van der Waals surface area contributed by atoms with Crippen LogP contribution in [0.15, 0.2) is 529 Å². The topological polar surface area (TPSA) is 16.3 Å². The Morgan fingerprint density at radius 3 is 0.945 bits per heavy atom. The van der Waals surface area contributed by atoms with E-state index < -0.39 is 10.8 Å². The predicted molar refractivity (Wildman–Crippen MR) is 611 cm³/mol. The van der Waals surface area contributed by atoms with Crippen LogP contribution in [0.3, 0.4) is 0 Å². The van der Waals surface area contributed by atoms with Crippen molar-refractivity contribution in [2.45, 2.75) is 68.9 Å². The molecule has 0 unspecified atom stereocenters. The van der Waals surface area contributed by atoms with Crippen LogP contribution in [0, 0.1) is 0 Å². The molecule has 0 amide bonds. The summed E-state index contributed by atoms with van der Waals surface area (Å²) in [4.78, 5) is 10.3. The minimum Gasteiger partial charge on any atom is -0.310 e. The van der Waals surface area contributed by atoms with Gasteiger partial charge in [-0.25, -0.2) is 0 Å². The van der Waals surface area contributed by atoms with E-state index in [9.17, 15) is 0 Å². The molecule has 0 N–H and O–H groups in total. The Balaban J connectivity index is 0.000000138. The highest BCUT2D eigenvalue weighted by Crippen LogP contribution is 2.70. The molecule has 4 heterocycles. The van der Waals surface area contributed by atoms with Gasteiger partial charge in [0.1, 0.15) is 0 Å². The van der Waals surface area contributed by atoms with Crippen LogP contribution >= 0.6 is 23.5 Å². The summed E-state index contributed by atoms with van der Waals surface area (Å²) in [5, 5.41) is 5.02. The smallest absolute Gasteiger partial charge is 0.0756 e. The fraction of sp³-hybridized carbons (Fsp3) is 0.0571. The van der Waals surface area contributed by atoms with Crippen molar-refractivity contribution in [3.05, 3.63) is 576 Å². The van der Waals surface area contributed by atoms with Gasteiger partial charge in [-0.3, -0.25) is 0 Å². The summed E-state index contributed by atoms with van der Waals surface area (Å²) in [6.07, 6.45) is 0. The molecule has 2 aliphatic heterocycles. The van der Waals surface area contributed by atoms with Crippen LogP contribution in [-0.4, -0.2) is 9.13 Å². The standard InChI is InChI=1S/2C70H48N2S/c1-69(2)56-28-12-9-24-50(56)51-41-40-49(44-60(51)69)71(48-38-36-46(37-39-48)45-20-5-3-6-21-45)63-43-42-53(52-27-19-33-62-66(52)55-26-11-16-32-61(55)72(62)47-22-7-4-8-23-47)67-54-25-10-13-29-57(54)70(68(63)67)58-30-14-17-34-64(58)73-65-35-18-15-31-59(65)70;1-69(2)57-24-10-6-20-52(57)53-41-40-50(44-61(53)69)71(48-36-32-46(33-37-48)45-18-4-3-5-19-45)64-43-42-51(47-34-38-49(39-35-47)72-62-28-14-8-21-54(62)55-22-9-15-29-63(55)72)67-56-23-7-11-25-58(56)70(68(64)67)59-26-12-16-30-65(59)73-66-31-17-13-27-60(66)70/h2*3-44H,1-2H3. The van der Waals surface area contributed by atoms with Gasteiger partial charge in [-0.15, -0.1) is 0 Å². The Morgan fingerprint density at radius 2 is 0.493 bits per heavy atom. The van der Waals surface area contributed by atoms with Crippen molar-refractivity contribution >= 4 is 101 Å². The van der Waals surface area contributed by atoms with Crippen LogP contribution in [0.2, 0.25) is 0 Å². The zero-order chi connectivity index (χ0) is 96.8. The Bertz CT molecular complexity index is 9350. The molecular weight excluding hydrogens is 1800 g/mol. The molecular formula is C140H96N4S2. The van der Waals surface area contributed by atoms with Gasteiger partial charge in [-0.1, -0.05) is 427 Å². The van der Waals surface area contributed by atoms with Gasteiger partial charge in [0.05, 0.1) is 44.3 Å². The van der Waals surface area contributed by atoms with E-state index in [0.29, 0.717) is 0 Å². The van der Waals surface area contributed by atoms with Crippen LogP contribution < -0.4 is 9.80 Å². The third kappa shape index (κ3) is 12.5. The normalized spacial score (nSPS) is 14.1. The first-order valence-corrected chi connectivity index (χ1v) is 52.5. The minimum atomic E-state index is -0.671. The summed E-state index contributed by atoms with van der Waals surface area (Å²) in [6.45, 7) is 9.56. The molecule has 0 atom stereocenters. The molecule has 0 bridgehead atoms. The van der Waals surface area contributed by atoms with Crippen LogP contribution in [0.5, 0.6) is 0 Å². The quantitative estimate of drug-likeness (QED) is 0.121. The molecule has 4 nitrogen and oxygen atoms in total. The molecule has 22 aromatic carbocycles. The van der Waals surface area contributed by atoms with Gasteiger partial charge in [-0.05, 0) is 278 Å². The molecule has 146 heavy (non-hydrogen) atoms. The number of hydrogen-bond donors (Lipinski definition) is 0. The maximum atomic E-state index is 2.58. The highest BCUT2D eigenvalue weighted by molar-refractivity contribution is 7.99. The molecule has 688 valence electrons. The van der Waals surface area contributed by atoms with Crippen molar-refractivity contribution in [2.24, 2.45) is 0 Å². The van der Waals surface area contributed by atoms with E-state index in [2.05, 4.69) is 556 Å². The number of hydrogen-bond acceptors (Lipinski definition) is 4. The summed E-state index contributed by atoms with van der Waals surface area (Å²) in [5.74, 6) is 0. The second kappa shape index (κ2) is 33.2. The lowest BCUT2D eigenvalue weighted by atomic mass is 9.66. The molecule has 30 rings (SSSR count). The van der Waals surface area contributed by atoms with E-state index in [1.54, 1.807) is 0 Å². The molecule has 24 aromatic rings. The van der Waals surface area contributed by atoms with E-state index in [0.717, 1.165) is 45.5 Å². The molecule has 0 radical (unpaired) electrons. The summed E-state index contributed by atoms with van der Waals surface area (Å²) in [6, 6.07) is 191. The maximum absolute atomic E-state index is 2.58. The molecule has 4 aliphatic carbocycles. The highest BCUT2D eigenvalue weighted by Gasteiger charge is 2.56. The summed E-state index contributed by atoms with van der Waals surface area (Å²) in [7, 11) is 0. The summed E-state index contributed by atoms with van der Waals surface area (Å²) in [5.41, 5.74) is 48.1. The van der Waals surface area contributed by atoms with Crippen molar-refractivity contribution in [1.82, 2.24) is 9.13 Å². The van der Waals surface area contributed by atoms with Gasteiger partial charge in [0.15, 0.2) is 0 Å². The second-order valence-corrected chi connectivity index (χ2v) is 42.8. The zero-order valence-electron chi connectivity index (χ0n) is 81.1. The Morgan fingerprint density at radius 1 is 0.192 bits per heavy atom. The lowest BCUT2D eigenvalue weighted by Gasteiger charge is -2.42. The average molecular weight is 1900 g/mol. The van der Waals surface area contributed by atoms with Gasteiger partial charge in [0.25, 0.3) is 0 Å². The molecule has 6 heteroatoms. The first-order valence-electron chi connectivity index (χ1n) is 50.8. The fourth-order valence-corrected chi connectivity index (χ4v) is 28.6. The highest BCUT2D eigenvalue weighted by atomic mass is 32.2. The van der Waals surface area contributed by atoms with E-state index in [-0.39, 0.29) is 10.8 Å². The van der Waals surface area contributed by atoms with Crippen LogP contribution in [-0.2, 0) is 21.7 Å². The molecule has 0 saturated heterocycles. The van der Waals surface area contributed by atoms with Crippen molar-refractivity contribution < 1.29 is 0 Å². The Kier molecular flexibility index (Phi) is 19.4. The molecule has 0 saturated carbocycles. The van der Waals surface area contributed by atoms with Gasteiger partial charge in [-0.2, -0.15) is 0 Å². The van der Waals surface area contributed by atoms with E-state index in [1.165, 1.54) is 219 Å². The predicted octanol–water partition coefficient (Wildman–Crippen LogP) is 37.4. The molecule has 6 aliphatic rings. The lowest BCUT2D eigenvalue weighted by molar-refractivity contribution is 0.660. The number of benzene rings is 22. The maximum Gasteiger partial charge on any atom is 0.0756 e. The SMILES string of the molecule is CC1(C)c2ccccc2-c2ccc(N(c3ccc(-c4ccccc4)cc3)c3ccc(-c4ccc(-n5c6ccccc6c6ccccc65)cc4)c4c3C3(c5ccccc5Sc5ccccc53)c3ccccc3-4)cc21.CC1(C)c2ccccc2-c2ccc(N(c3ccc(-c4ccccc4)cc3)c3ccc(-c4cccc5c4c4ccccc4n5-c4ccccc4)c4c3C3(c5ccccc5Sc5ccccc53)c3ccccc3-4)cc21. The van der Waals surface area contributed by atoms with Crippen LogP contribution in [0.4, 0.5) is 34.1 Å². The van der Waals surface area contributed by atoms with Crippen molar-refractivity contribution in [1.29, 1.82) is 0 Å². The number of anilines is 6. The van der Waals surface area contributed by atoms with Crippen LogP contribution in [0.1, 0.15) is 94.5 Å². The van der Waals surface area contributed by atoms with E-state index in [1.807, 2.05) is 23.5 Å². The third-order valence-corrected chi connectivity index (χ3v) is 34.8. The average Bonchev–Trinajstić information content (AvgIpc) is 1.50. The Labute approximate surface area is 859 Å². The first-order chi connectivity index (χ1) is 72.0. The lowest BCUT2D eigenvalue weighted by Crippen LogP contribution is -2.33. The molecule has 2 spiro atoms. The summed E-state index contributed by atoms with van der Waals surface area (Å²) < 4.78 is 4.86. The van der Waals surface area contributed by atoms with Gasteiger partial charge < -0.3 is 18.9 Å². The van der Waals surface area contributed by atoms with E-state index >= 15 is 0 Å². The van der Waals surface area contributed by atoms with Crippen molar-refractivity contribution in [3.63, 3.8) is 0 Å². The fourth-order valence-electron chi connectivity index (χ4n) is 26.2. The van der Waals surface area contributed by atoms with Gasteiger partial charge in [0.2, 0.25) is 0 Å². The Hall–Kier alpha value is -17.3. The van der Waals surface area contributed by atoms with Gasteiger partial charge in [0, 0.05) is 97.2 Å². The monoisotopic (exact) mass is 1900 g/mol. The molecule has 0 fully saturated rings.